The number of amides is 2. The van der Waals surface area contributed by atoms with Crippen LogP contribution in [0.3, 0.4) is 0 Å². The third kappa shape index (κ3) is 5.21. The van der Waals surface area contributed by atoms with Crippen LogP contribution in [-0.4, -0.2) is 33.9 Å². The van der Waals surface area contributed by atoms with Crippen LogP contribution in [0.25, 0.3) is 32.7 Å². The van der Waals surface area contributed by atoms with E-state index >= 15 is 0 Å². The number of thiazole rings is 1. The molecule has 0 atom stereocenters. The minimum Gasteiger partial charge on any atom is -0.496 e. The quantitative estimate of drug-likeness (QED) is 0.277. The molecule has 0 bridgehead atoms. The van der Waals surface area contributed by atoms with Gasteiger partial charge in [0.05, 0.1) is 18.4 Å². The number of aromatic nitrogens is 3. The number of pyridine rings is 2. The number of ether oxygens (including phenoxy) is 1. The lowest BCUT2D eigenvalue weighted by molar-refractivity contribution is -0.114. The van der Waals surface area contributed by atoms with Crippen LogP contribution < -0.4 is 15.4 Å². The van der Waals surface area contributed by atoms with Gasteiger partial charge in [-0.05, 0) is 55.5 Å². The Morgan fingerprint density at radius 1 is 0.947 bits per heavy atom. The summed E-state index contributed by atoms with van der Waals surface area (Å²) in [6, 6.07) is 16.9. The van der Waals surface area contributed by atoms with E-state index in [9.17, 15) is 14.0 Å². The smallest absolute Gasteiger partial charge is 0.259 e. The van der Waals surface area contributed by atoms with Crippen LogP contribution in [0.2, 0.25) is 0 Å². The lowest BCUT2D eigenvalue weighted by Crippen LogP contribution is -2.14. The minimum atomic E-state index is -0.445. The van der Waals surface area contributed by atoms with E-state index in [0.717, 1.165) is 11.3 Å². The average Bonchev–Trinajstić information content (AvgIpc) is 3.30. The maximum atomic E-state index is 14.1. The summed E-state index contributed by atoms with van der Waals surface area (Å²) in [6.45, 7) is 3.25. The first-order valence-electron chi connectivity index (χ1n) is 11.6. The second-order valence-electron chi connectivity index (χ2n) is 8.47. The van der Waals surface area contributed by atoms with Crippen LogP contribution in [0.4, 0.5) is 15.2 Å². The first kappa shape index (κ1) is 25.0. The molecule has 3 heterocycles. The number of rotatable bonds is 6. The zero-order valence-electron chi connectivity index (χ0n) is 20.7. The van der Waals surface area contributed by atoms with Gasteiger partial charge in [-0.25, -0.2) is 14.4 Å². The maximum Gasteiger partial charge on any atom is 0.259 e. The van der Waals surface area contributed by atoms with E-state index in [4.69, 9.17) is 9.72 Å². The van der Waals surface area contributed by atoms with E-state index in [1.807, 2.05) is 36.4 Å². The van der Waals surface area contributed by atoms with Gasteiger partial charge in [-0.3, -0.25) is 19.9 Å². The number of hydrogen-bond acceptors (Lipinski definition) is 7. The molecular formula is C28H22FN5O3S. The van der Waals surface area contributed by atoms with Crippen molar-refractivity contribution in [3.05, 3.63) is 83.9 Å². The van der Waals surface area contributed by atoms with Crippen molar-refractivity contribution in [2.45, 2.75) is 13.8 Å². The van der Waals surface area contributed by atoms with E-state index in [0.29, 0.717) is 43.7 Å². The molecule has 2 N–H and O–H groups in total. The number of hydrogen-bond donors (Lipinski definition) is 2. The van der Waals surface area contributed by atoms with Gasteiger partial charge in [-0.15, -0.1) is 0 Å². The molecule has 8 nitrogen and oxygen atoms in total. The Bertz CT molecular complexity index is 1680. The van der Waals surface area contributed by atoms with E-state index < -0.39 is 11.7 Å². The second-order valence-corrected chi connectivity index (χ2v) is 9.45. The molecule has 2 amide bonds. The molecular weight excluding hydrogens is 505 g/mol. The van der Waals surface area contributed by atoms with E-state index in [2.05, 4.69) is 20.6 Å². The van der Waals surface area contributed by atoms with Gasteiger partial charge in [-0.2, -0.15) is 0 Å². The SMILES string of the molecule is COc1ccc(F)cc1-c1cc(C)ncc1C(=O)Nc1nc2ccc(-c3ccc(NC(C)=O)cc3)nc2s1. The molecule has 10 heteroatoms. The van der Waals surface area contributed by atoms with Crippen LogP contribution in [0.1, 0.15) is 23.0 Å². The van der Waals surface area contributed by atoms with Crippen molar-refractivity contribution in [1.29, 1.82) is 0 Å². The second kappa shape index (κ2) is 10.3. The molecule has 0 aliphatic heterocycles. The number of carbonyl (C=O) groups is 2. The molecule has 190 valence electrons. The van der Waals surface area contributed by atoms with Gasteiger partial charge in [-0.1, -0.05) is 23.5 Å². The molecule has 0 radical (unpaired) electrons. The summed E-state index contributed by atoms with van der Waals surface area (Å²) < 4.78 is 19.5. The van der Waals surface area contributed by atoms with Gasteiger partial charge >= 0.3 is 0 Å². The van der Waals surface area contributed by atoms with Crippen LogP contribution >= 0.6 is 11.3 Å². The van der Waals surface area contributed by atoms with Gasteiger partial charge in [0.2, 0.25) is 5.91 Å². The van der Waals surface area contributed by atoms with Crippen molar-refractivity contribution in [1.82, 2.24) is 15.0 Å². The molecule has 0 unspecified atom stereocenters. The molecule has 0 saturated heterocycles. The number of carbonyl (C=O) groups excluding carboxylic acids is 2. The van der Waals surface area contributed by atoms with E-state index in [1.165, 1.54) is 49.8 Å². The summed E-state index contributed by atoms with van der Waals surface area (Å²) in [4.78, 5) is 38.7. The fraction of sp³-hybridized carbons (Fsp3) is 0.107. The number of benzene rings is 2. The molecule has 0 spiro atoms. The van der Waals surface area contributed by atoms with Crippen molar-refractivity contribution in [2.24, 2.45) is 0 Å². The van der Waals surface area contributed by atoms with Crippen LogP contribution in [-0.2, 0) is 4.79 Å². The van der Waals surface area contributed by atoms with Crippen LogP contribution in [0.5, 0.6) is 5.75 Å². The predicted octanol–water partition coefficient (Wildman–Crippen LogP) is 6.09. The van der Waals surface area contributed by atoms with Gasteiger partial charge < -0.3 is 10.1 Å². The average molecular weight is 528 g/mol. The Kier molecular flexibility index (Phi) is 6.80. The Hall–Kier alpha value is -4.70. The molecule has 0 saturated carbocycles. The molecule has 0 aliphatic carbocycles. The van der Waals surface area contributed by atoms with Crippen molar-refractivity contribution in [3.63, 3.8) is 0 Å². The highest BCUT2D eigenvalue weighted by molar-refractivity contribution is 7.22. The molecule has 2 aromatic carbocycles. The summed E-state index contributed by atoms with van der Waals surface area (Å²) in [5.74, 6) is -0.584. The summed E-state index contributed by atoms with van der Waals surface area (Å²) in [5, 5.41) is 5.93. The number of nitrogens with one attached hydrogen (secondary N) is 2. The fourth-order valence-electron chi connectivity index (χ4n) is 3.98. The molecule has 0 aliphatic rings. The highest BCUT2D eigenvalue weighted by atomic mass is 32.1. The summed E-state index contributed by atoms with van der Waals surface area (Å²) in [5.41, 5.74) is 4.81. The lowest BCUT2D eigenvalue weighted by atomic mass is 9.99. The zero-order valence-corrected chi connectivity index (χ0v) is 21.5. The van der Waals surface area contributed by atoms with Crippen molar-refractivity contribution in [3.8, 4) is 28.1 Å². The first-order valence-corrected chi connectivity index (χ1v) is 12.4. The fourth-order valence-corrected chi connectivity index (χ4v) is 4.81. The number of fused-ring (bicyclic) bond motifs is 1. The lowest BCUT2D eigenvalue weighted by Gasteiger charge is -2.13. The normalized spacial score (nSPS) is 10.8. The Labute approximate surface area is 221 Å². The number of nitrogens with zero attached hydrogens (tertiary/aromatic N) is 3. The summed E-state index contributed by atoms with van der Waals surface area (Å²) in [6.07, 6.45) is 1.46. The molecule has 5 aromatic rings. The predicted molar refractivity (Wildman–Crippen MR) is 146 cm³/mol. The standard InChI is InChI=1S/C28H22FN5O3S/c1-15-12-20(21-13-18(29)6-11-25(21)37-3)22(14-30-15)26(36)34-28-33-24-10-9-23(32-27(24)38-28)17-4-7-19(8-5-17)31-16(2)35/h4-14H,1-3H3,(H,31,35)(H,33,34,36). The van der Waals surface area contributed by atoms with E-state index in [-0.39, 0.29) is 11.5 Å². The third-order valence-electron chi connectivity index (χ3n) is 5.71. The molecule has 5 rings (SSSR count). The number of aryl methyl sites for hydroxylation is 1. The summed E-state index contributed by atoms with van der Waals surface area (Å²) in [7, 11) is 1.49. The minimum absolute atomic E-state index is 0.139. The van der Waals surface area contributed by atoms with Gasteiger partial charge in [0.1, 0.15) is 21.9 Å². The van der Waals surface area contributed by atoms with Crippen molar-refractivity contribution in [2.75, 3.05) is 17.7 Å². The number of anilines is 2. The monoisotopic (exact) mass is 527 g/mol. The molecule has 0 fully saturated rings. The molecule has 38 heavy (non-hydrogen) atoms. The summed E-state index contributed by atoms with van der Waals surface area (Å²) >= 11 is 1.24. The van der Waals surface area contributed by atoms with Crippen molar-refractivity contribution >= 4 is 44.3 Å². The molecule has 3 aromatic heterocycles. The highest BCUT2D eigenvalue weighted by Crippen LogP contribution is 2.34. The van der Waals surface area contributed by atoms with Crippen molar-refractivity contribution < 1.29 is 18.7 Å². The van der Waals surface area contributed by atoms with E-state index in [1.54, 1.807) is 13.0 Å². The largest absolute Gasteiger partial charge is 0.496 e. The highest BCUT2D eigenvalue weighted by Gasteiger charge is 2.19. The van der Waals surface area contributed by atoms with Gasteiger partial charge in [0.15, 0.2) is 5.13 Å². The van der Waals surface area contributed by atoms with Gasteiger partial charge in [0, 0.05) is 41.2 Å². The van der Waals surface area contributed by atoms with Crippen LogP contribution in [0, 0.1) is 12.7 Å². The Morgan fingerprint density at radius 2 is 1.74 bits per heavy atom. The van der Waals surface area contributed by atoms with Crippen LogP contribution in [0.15, 0.2) is 66.9 Å². The topological polar surface area (TPSA) is 106 Å². The third-order valence-corrected chi connectivity index (χ3v) is 6.59. The maximum absolute atomic E-state index is 14.1. The number of methoxy groups -OCH3 is 1. The van der Waals surface area contributed by atoms with Gasteiger partial charge in [0.25, 0.3) is 5.91 Å². The number of halogens is 1. The zero-order chi connectivity index (χ0) is 26.8. The first-order chi connectivity index (χ1) is 18.3. The Morgan fingerprint density at radius 3 is 2.47 bits per heavy atom. The Balaban J connectivity index is 1.43.